The van der Waals surface area contributed by atoms with Crippen molar-refractivity contribution in [1.82, 2.24) is 4.90 Å². The molecule has 1 saturated heterocycles. The van der Waals surface area contributed by atoms with Crippen molar-refractivity contribution in [3.63, 3.8) is 0 Å². The Bertz CT molecular complexity index is 603. The van der Waals surface area contributed by atoms with Crippen LogP contribution in [0, 0.1) is 5.92 Å². The predicted octanol–water partition coefficient (Wildman–Crippen LogP) is 3.30. The van der Waals surface area contributed by atoms with Crippen LogP contribution in [0.1, 0.15) is 28.8 Å². The minimum atomic E-state index is -4.71. The maximum absolute atomic E-state index is 13.0. The molecule has 1 atom stereocenters. The monoisotopic (exact) mass is 335 g/mol. The third kappa shape index (κ3) is 3.52. The molecule has 0 saturated carbocycles. The first-order chi connectivity index (χ1) is 10.2. The maximum Gasteiger partial charge on any atom is 0.417 e. The standard InChI is InChI=1S/C14H13ClF3NO3/c15-9-3-4-10(11(6-9)14(16,17)18)12(20)19-5-1-2-8(7-19)13(21)22/h3-4,6,8H,1-2,5,7H2,(H,21,22). The predicted molar refractivity (Wildman–Crippen MR) is 72.7 cm³/mol. The molecule has 8 heteroatoms. The molecule has 1 heterocycles. The van der Waals surface area contributed by atoms with Crippen LogP contribution in [-0.2, 0) is 11.0 Å². The van der Waals surface area contributed by atoms with Crippen LogP contribution in [0.3, 0.4) is 0 Å². The van der Waals surface area contributed by atoms with Crippen molar-refractivity contribution in [3.8, 4) is 0 Å². The van der Waals surface area contributed by atoms with Gasteiger partial charge in [-0.3, -0.25) is 9.59 Å². The summed E-state index contributed by atoms with van der Waals surface area (Å²) in [5.41, 5.74) is -1.62. The zero-order chi connectivity index (χ0) is 16.5. The van der Waals surface area contributed by atoms with Gasteiger partial charge in [-0.05, 0) is 31.0 Å². The van der Waals surface area contributed by atoms with Crippen molar-refractivity contribution in [1.29, 1.82) is 0 Å². The summed E-state index contributed by atoms with van der Waals surface area (Å²) in [4.78, 5) is 24.5. The molecule has 1 aliphatic heterocycles. The zero-order valence-corrected chi connectivity index (χ0v) is 12.1. The Labute approximate surface area is 129 Å². The van der Waals surface area contributed by atoms with Gasteiger partial charge in [-0.2, -0.15) is 13.2 Å². The number of amides is 1. The summed E-state index contributed by atoms with van der Waals surface area (Å²) in [5, 5.41) is 8.87. The average molecular weight is 336 g/mol. The first-order valence-corrected chi connectivity index (χ1v) is 6.97. The van der Waals surface area contributed by atoms with Gasteiger partial charge >= 0.3 is 12.1 Å². The fourth-order valence-corrected chi connectivity index (χ4v) is 2.64. The molecular formula is C14H13ClF3NO3. The number of carbonyl (C=O) groups is 2. The first-order valence-electron chi connectivity index (χ1n) is 6.59. The molecule has 0 spiro atoms. The largest absolute Gasteiger partial charge is 0.481 e. The number of hydrogen-bond donors (Lipinski definition) is 1. The molecule has 0 aromatic heterocycles. The second-order valence-corrected chi connectivity index (χ2v) is 5.55. The van der Waals surface area contributed by atoms with Crippen LogP contribution in [0.4, 0.5) is 13.2 Å². The molecule has 0 aliphatic carbocycles. The molecule has 1 fully saturated rings. The van der Waals surface area contributed by atoms with E-state index in [1.54, 1.807) is 0 Å². The van der Waals surface area contributed by atoms with E-state index in [2.05, 4.69) is 0 Å². The summed E-state index contributed by atoms with van der Waals surface area (Å²) in [6, 6.07) is 2.94. The normalized spacial score (nSPS) is 19.1. The van der Waals surface area contributed by atoms with Crippen molar-refractivity contribution >= 4 is 23.5 Å². The lowest BCUT2D eigenvalue weighted by molar-refractivity contribution is -0.143. The number of piperidine rings is 1. The van der Waals surface area contributed by atoms with Gasteiger partial charge in [-0.25, -0.2) is 0 Å². The second-order valence-electron chi connectivity index (χ2n) is 5.12. The lowest BCUT2D eigenvalue weighted by Gasteiger charge is -2.31. The molecule has 1 aromatic rings. The Morgan fingerprint density at radius 2 is 2.00 bits per heavy atom. The fraction of sp³-hybridized carbons (Fsp3) is 0.429. The molecule has 1 unspecified atom stereocenters. The van der Waals surface area contributed by atoms with Gasteiger partial charge in [0.1, 0.15) is 0 Å². The molecule has 120 valence electrons. The molecular weight excluding hydrogens is 323 g/mol. The van der Waals surface area contributed by atoms with E-state index >= 15 is 0 Å². The van der Waals surface area contributed by atoms with Crippen molar-refractivity contribution in [3.05, 3.63) is 34.3 Å². The summed E-state index contributed by atoms with van der Waals surface area (Å²) in [6.07, 6.45) is -3.86. The highest BCUT2D eigenvalue weighted by atomic mass is 35.5. The number of carbonyl (C=O) groups excluding carboxylic acids is 1. The fourth-order valence-electron chi connectivity index (χ4n) is 2.47. The van der Waals surface area contributed by atoms with Crippen LogP contribution < -0.4 is 0 Å². The number of halogens is 4. The van der Waals surface area contributed by atoms with Gasteiger partial charge < -0.3 is 10.0 Å². The number of carboxylic acids is 1. The van der Waals surface area contributed by atoms with Gasteiger partial charge in [0.25, 0.3) is 5.91 Å². The number of nitrogens with zero attached hydrogens (tertiary/aromatic N) is 1. The quantitative estimate of drug-likeness (QED) is 0.902. The van der Waals surface area contributed by atoms with Crippen LogP contribution in [0.25, 0.3) is 0 Å². The molecule has 1 amide bonds. The lowest BCUT2D eigenvalue weighted by atomic mass is 9.97. The van der Waals surface area contributed by atoms with E-state index in [0.29, 0.717) is 18.9 Å². The highest BCUT2D eigenvalue weighted by Crippen LogP contribution is 2.34. The average Bonchev–Trinajstić information content (AvgIpc) is 2.45. The van der Waals surface area contributed by atoms with E-state index in [1.165, 1.54) is 6.07 Å². The molecule has 0 bridgehead atoms. The van der Waals surface area contributed by atoms with Crippen molar-refractivity contribution in [2.24, 2.45) is 5.92 Å². The first kappa shape index (κ1) is 16.6. The number of alkyl halides is 3. The molecule has 4 nitrogen and oxygen atoms in total. The van der Waals surface area contributed by atoms with E-state index in [-0.39, 0.29) is 18.1 Å². The van der Waals surface area contributed by atoms with Crippen LogP contribution >= 0.6 is 11.6 Å². The van der Waals surface area contributed by atoms with E-state index < -0.39 is 35.1 Å². The molecule has 1 aromatic carbocycles. The van der Waals surface area contributed by atoms with Crippen molar-refractivity contribution in [2.75, 3.05) is 13.1 Å². The number of hydrogen-bond acceptors (Lipinski definition) is 2. The minimum Gasteiger partial charge on any atom is -0.481 e. The SMILES string of the molecule is O=C(O)C1CCCN(C(=O)c2ccc(Cl)cc2C(F)(F)F)C1. The van der Waals surface area contributed by atoms with Crippen molar-refractivity contribution < 1.29 is 27.9 Å². The number of rotatable bonds is 2. The number of carboxylic acid groups (broad SMARTS) is 1. The summed E-state index contributed by atoms with van der Waals surface area (Å²) in [5.74, 6) is -2.63. The van der Waals surface area contributed by atoms with E-state index in [4.69, 9.17) is 16.7 Å². The highest BCUT2D eigenvalue weighted by Gasteiger charge is 2.37. The van der Waals surface area contributed by atoms with Crippen molar-refractivity contribution in [2.45, 2.75) is 19.0 Å². The second kappa shape index (κ2) is 6.16. The van der Waals surface area contributed by atoms with Crippen LogP contribution in [0.5, 0.6) is 0 Å². The van der Waals surface area contributed by atoms with E-state index in [0.717, 1.165) is 11.0 Å². The van der Waals surface area contributed by atoms with Crippen LogP contribution in [0.15, 0.2) is 18.2 Å². The highest BCUT2D eigenvalue weighted by molar-refractivity contribution is 6.30. The van der Waals surface area contributed by atoms with Gasteiger partial charge in [0.2, 0.25) is 0 Å². The third-order valence-electron chi connectivity index (χ3n) is 3.58. The van der Waals surface area contributed by atoms with Gasteiger partial charge in [0.05, 0.1) is 17.0 Å². The summed E-state index contributed by atoms with van der Waals surface area (Å²) in [7, 11) is 0. The third-order valence-corrected chi connectivity index (χ3v) is 3.81. The van der Waals surface area contributed by atoms with Gasteiger partial charge in [-0.15, -0.1) is 0 Å². The number of likely N-dealkylation sites (tertiary alicyclic amines) is 1. The minimum absolute atomic E-state index is 0.0892. The summed E-state index contributed by atoms with van der Waals surface area (Å²) >= 11 is 5.58. The van der Waals surface area contributed by atoms with Gasteiger partial charge in [0.15, 0.2) is 0 Å². The van der Waals surface area contributed by atoms with Gasteiger partial charge in [0, 0.05) is 18.1 Å². The molecule has 1 aliphatic rings. The number of benzene rings is 1. The number of aliphatic carboxylic acids is 1. The Balaban J connectivity index is 2.31. The summed E-state index contributed by atoms with van der Waals surface area (Å²) < 4.78 is 39.1. The van der Waals surface area contributed by atoms with Gasteiger partial charge in [-0.1, -0.05) is 11.6 Å². The van der Waals surface area contributed by atoms with Crippen LogP contribution in [-0.4, -0.2) is 35.0 Å². The molecule has 0 radical (unpaired) electrons. The van der Waals surface area contributed by atoms with E-state index in [1.807, 2.05) is 0 Å². The molecule has 22 heavy (non-hydrogen) atoms. The Morgan fingerprint density at radius 1 is 1.32 bits per heavy atom. The van der Waals surface area contributed by atoms with Crippen LogP contribution in [0.2, 0.25) is 5.02 Å². The Kier molecular flexibility index (Phi) is 4.65. The summed E-state index contributed by atoms with van der Waals surface area (Å²) in [6.45, 7) is 0.149. The molecule has 2 rings (SSSR count). The Morgan fingerprint density at radius 3 is 2.59 bits per heavy atom. The molecule has 1 N–H and O–H groups in total. The lowest BCUT2D eigenvalue weighted by Crippen LogP contribution is -2.42. The Hall–Kier alpha value is -1.76. The smallest absolute Gasteiger partial charge is 0.417 e. The topological polar surface area (TPSA) is 57.6 Å². The van der Waals surface area contributed by atoms with E-state index in [9.17, 15) is 22.8 Å². The maximum atomic E-state index is 13.0. The zero-order valence-electron chi connectivity index (χ0n) is 11.4.